The number of halogens is 6. The molecule has 0 aliphatic rings. The Hall–Kier alpha value is -2.27. The topological polar surface area (TPSA) is 103 Å². The van der Waals surface area contributed by atoms with Gasteiger partial charge in [0.2, 0.25) is 0 Å². The minimum absolute atomic E-state index is 1.62. The molecule has 110 valence electrons. The summed E-state index contributed by atoms with van der Waals surface area (Å²) in [6.45, 7) is 0. The van der Waals surface area contributed by atoms with E-state index in [0.29, 0.717) is 0 Å². The van der Waals surface area contributed by atoms with Gasteiger partial charge in [0.25, 0.3) is 0 Å². The predicted molar refractivity (Wildman–Crippen MR) is 46.0 cm³/mol. The number of imidazole rings is 1. The molecule has 0 amide bonds. The van der Waals surface area contributed by atoms with Crippen LogP contribution in [0.3, 0.4) is 0 Å². The molecule has 0 atom stereocenters. The number of hydrogen-bond donors (Lipinski definition) is 3. The number of nitrogens with one attached hydrogen (secondary N) is 1. The number of carboxylic acid groups (broad SMARTS) is 2. The molecule has 0 aliphatic heterocycles. The van der Waals surface area contributed by atoms with Crippen molar-refractivity contribution in [2.24, 2.45) is 0 Å². The molecule has 0 fully saturated rings. The summed E-state index contributed by atoms with van der Waals surface area (Å²) < 4.78 is 63.5. The second kappa shape index (κ2) is 7.94. The van der Waals surface area contributed by atoms with E-state index in [9.17, 15) is 26.3 Å². The minimum atomic E-state index is -5.08. The first-order chi connectivity index (χ1) is 8.39. The second-order valence-electron chi connectivity index (χ2n) is 2.37. The fraction of sp³-hybridized carbons (Fsp3) is 0.286. The molecule has 0 spiro atoms. The van der Waals surface area contributed by atoms with Gasteiger partial charge in [-0.3, -0.25) is 0 Å². The van der Waals surface area contributed by atoms with Gasteiger partial charge in [-0.2, -0.15) is 26.3 Å². The maximum Gasteiger partial charge on any atom is 0.490 e. The summed E-state index contributed by atoms with van der Waals surface area (Å²) in [6.07, 6.45) is -5.08. The van der Waals surface area contributed by atoms with E-state index in [1.165, 1.54) is 0 Å². The van der Waals surface area contributed by atoms with Crippen molar-refractivity contribution in [1.29, 1.82) is 0 Å². The van der Waals surface area contributed by atoms with Crippen molar-refractivity contribution < 1.29 is 46.1 Å². The number of carboxylic acids is 2. The summed E-state index contributed by atoms with van der Waals surface area (Å²) >= 11 is 0. The van der Waals surface area contributed by atoms with Crippen molar-refractivity contribution >= 4 is 11.9 Å². The zero-order valence-corrected chi connectivity index (χ0v) is 8.66. The summed E-state index contributed by atoms with van der Waals surface area (Å²) in [6, 6.07) is 0. The van der Waals surface area contributed by atoms with Crippen LogP contribution in [0, 0.1) is 0 Å². The SMILES string of the molecule is O=C(O)C(F)(F)F.O=C(O)C(F)(F)F.c1c[nH]cn1. The molecule has 0 radical (unpaired) electrons. The van der Waals surface area contributed by atoms with Gasteiger partial charge in [-0.25, -0.2) is 14.6 Å². The molecule has 0 saturated carbocycles. The van der Waals surface area contributed by atoms with Crippen LogP contribution in [0.1, 0.15) is 0 Å². The molecule has 12 heteroatoms. The van der Waals surface area contributed by atoms with Crippen molar-refractivity contribution in [1.82, 2.24) is 9.97 Å². The van der Waals surface area contributed by atoms with E-state index in [1.54, 1.807) is 18.7 Å². The fourth-order valence-corrected chi connectivity index (χ4v) is 0.215. The number of alkyl halides is 6. The van der Waals surface area contributed by atoms with Crippen molar-refractivity contribution in [3.05, 3.63) is 18.7 Å². The van der Waals surface area contributed by atoms with Crippen LogP contribution >= 0.6 is 0 Å². The number of aromatic amines is 1. The Morgan fingerprint density at radius 3 is 1.32 bits per heavy atom. The number of nitrogens with zero attached hydrogens (tertiary/aromatic N) is 1. The Morgan fingerprint density at radius 2 is 1.26 bits per heavy atom. The Bertz CT molecular complexity index is 331. The fourth-order valence-electron chi connectivity index (χ4n) is 0.215. The lowest BCUT2D eigenvalue weighted by molar-refractivity contribution is -0.193. The van der Waals surface area contributed by atoms with E-state index in [1.807, 2.05) is 0 Å². The number of carbonyl (C=O) groups is 2. The van der Waals surface area contributed by atoms with Crippen LogP contribution in [0.4, 0.5) is 26.3 Å². The molecular weight excluding hydrogens is 290 g/mol. The normalized spacial score (nSPS) is 10.4. The number of H-pyrrole nitrogens is 1. The van der Waals surface area contributed by atoms with Crippen molar-refractivity contribution in [3.8, 4) is 0 Å². The maximum atomic E-state index is 10.6. The molecule has 0 unspecified atom stereocenters. The van der Waals surface area contributed by atoms with Crippen LogP contribution in [-0.4, -0.2) is 44.5 Å². The van der Waals surface area contributed by atoms with E-state index < -0.39 is 24.3 Å². The number of aliphatic carboxylic acids is 2. The van der Waals surface area contributed by atoms with Gasteiger partial charge in [0.15, 0.2) is 0 Å². The van der Waals surface area contributed by atoms with Gasteiger partial charge >= 0.3 is 24.3 Å². The highest BCUT2D eigenvalue weighted by molar-refractivity contribution is 5.73. The molecule has 1 rings (SSSR count). The molecule has 3 N–H and O–H groups in total. The molecule has 0 bridgehead atoms. The molecule has 0 saturated heterocycles. The third-order valence-electron chi connectivity index (χ3n) is 0.891. The highest BCUT2D eigenvalue weighted by Crippen LogP contribution is 2.13. The molecule has 1 aromatic rings. The van der Waals surface area contributed by atoms with Gasteiger partial charge in [0.1, 0.15) is 0 Å². The van der Waals surface area contributed by atoms with E-state index in [0.717, 1.165) is 0 Å². The van der Waals surface area contributed by atoms with E-state index in [4.69, 9.17) is 19.8 Å². The number of hydrogen-bond acceptors (Lipinski definition) is 3. The van der Waals surface area contributed by atoms with E-state index in [2.05, 4.69) is 9.97 Å². The molecule has 0 aliphatic carbocycles. The largest absolute Gasteiger partial charge is 0.490 e. The van der Waals surface area contributed by atoms with Crippen LogP contribution in [0.2, 0.25) is 0 Å². The van der Waals surface area contributed by atoms with Gasteiger partial charge in [-0.1, -0.05) is 0 Å². The lowest BCUT2D eigenvalue weighted by Crippen LogP contribution is -2.21. The van der Waals surface area contributed by atoms with E-state index >= 15 is 0 Å². The molecule has 0 aromatic carbocycles. The van der Waals surface area contributed by atoms with Crippen molar-refractivity contribution in [2.75, 3.05) is 0 Å². The Morgan fingerprint density at radius 1 is 0.947 bits per heavy atom. The van der Waals surface area contributed by atoms with Crippen molar-refractivity contribution in [2.45, 2.75) is 12.4 Å². The summed E-state index contributed by atoms with van der Waals surface area (Å²) in [7, 11) is 0. The van der Waals surface area contributed by atoms with Gasteiger partial charge in [0.05, 0.1) is 6.33 Å². The first-order valence-electron chi connectivity index (χ1n) is 3.92. The molecule has 1 heterocycles. The Balaban J connectivity index is 0. The Kier molecular flexibility index (Phi) is 7.97. The predicted octanol–water partition coefficient (Wildman–Crippen LogP) is 1.68. The highest BCUT2D eigenvalue weighted by Gasteiger charge is 2.38. The lowest BCUT2D eigenvalue weighted by atomic mass is 10.7. The van der Waals surface area contributed by atoms with Crippen LogP contribution in [-0.2, 0) is 9.59 Å². The van der Waals surface area contributed by atoms with Crippen LogP contribution in [0.15, 0.2) is 18.7 Å². The molecule has 1 aromatic heterocycles. The lowest BCUT2D eigenvalue weighted by Gasteiger charge is -1.93. The number of rotatable bonds is 0. The van der Waals surface area contributed by atoms with E-state index in [-0.39, 0.29) is 0 Å². The first-order valence-corrected chi connectivity index (χ1v) is 3.92. The summed E-state index contributed by atoms with van der Waals surface area (Å²) in [5.41, 5.74) is 0. The molecule has 6 nitrogen and oxygen atoms in total. The summed E-state index contributed by atoms with van der Waals surface area (Å²) in [5, 5.41) is 14.2. The zero-order valence-electron chi connectivity index (χ0n) is 8.66. The van der Waals surface area contributed by atoms with Crippen molar-refractivity contribution in [3.63, 3.8) is 0 Å². The molecule has 19 heavy (non-hydrogen) atoms. The van der Waals surface area contributed by atoms with Gasteiger partial charge in [-0.15, -0.1) is 0 Å². The van der Waals surface area contributed by atoms with Gasteiger partial charge in [0, 0.05) is 12.4 Å². The average Bonchev–Trinajstić information content (AvgIpc) is 2.72. The first kappa shape index (κ1) is 19.1. The highest BCUT2D eigenvalue weighted by atomic mass is 19.4. The Labute approximate surface area is 100 Å². The van der Waals surface area contributed by atoms with Crippen LogP contribution in [0.25, 0.3) is 0 Å². The zero-order chi connectivity index (χ0) is 15.7. The molecular formula is C7H6F6N2O4. The smallest absolute Gasteiger partial charge is 0.475 e. The average molecular weight is 296 g/mol. The minimum Gasteiger partial charge on any atom is -0.475 e. The quantitative estimate of drug-likeness (QED) is 0.632. The third-order valence-corrected chi connectivity index (χ3v) is 0.891. The summed E-state index contributed by atoms with van der Waals surface area (Å²) in [5.74, 6) is -5.51. The number of aromatic nitrogens is 2. The van der Waals surface area contributed by atoms with Crippen LogP contribution in [0.5, 0.6) is 0 Å². The second-order valence-corrected chi connectivity index (χ2v) is 2.37. The monoisotopic (exact) mass is 296 g/mol. The summed E-state index contributed by atoms with van der Waals surface area (Å²) in [4.78, 5) is 24.2. The van der Waals surface area contributed by atoms with Crippen LogP contribution < -0.4 is 0 Å². The third kappa shape index (κ3) is 13.7. The van der Waals surface area contributed by atoms with Gasteiger partial charge in [-0.05, 0) is 0 Å². The standard InChI is InChI=1S/C3H4N2.2C2HF3O2/c1-2-5-3-4-1;2*3-2(4,5)1(6)7/h1-3H,(H,4,5);2*(H,6,7). The maximum absolute atomic E-state index is 10.6. The van der Waals surface area contributed by atoms with Gasteiger partial charge < -0.3 is 15.2 Å².